The fourth-order valence-electron chi connectivity index (χ4n) is 4.54. The van der Waals surface area contributed by atoms with Crippen LogP contribution in [0.3, 0.4) is 0 Å². The van der Waals surface area contributed by atoms with Crippen molar-refractivity contribution in [3.63, 3.8) is 0 Å². The number of carbonyl (C=O) groups excluding carboxylic acids is 1. The minimum Gasteiger partial charge on any atom is -0.300 e. The molecule has 2 aliphatic carbocycles. The Morgan fingerprint density at radius 1 is 0.944 bits per heavy atom. The van der Waals surface area contributed by atoms with Crippen LogP contribution in [0.1, 0.15) is 57.8 Å². The lowest BCUT2D eigenvalue weighted by Gasteiger charge is -2.47. The summed E-state index contributed by atoms with van der Waals surface area (Å²) < 4.78 is 0. The summed E-state index contributed by atoms with van der Waals surface area (Å²) in [6.45, 7) is 1.33. The predicted molar refractivity (Wildman–Crippen MR) is 71.3 cm³/mol. The van der Waals surface area contributed by atoms with Gasteiger partial charge < -0.3 is 0 Å². The van der Waals surface area contributed by atoms with Gasteiger partial charge in [-0.15, -0.1) is 0 Å². The van der Waals surface area contributed by atoms with Crippen molar-refractivity contribution in [3.8, 4) is 0 Å². The zero-order chi connectivity index (χ0) is 12.1. The van der Waals surface area contributed by atoms with Crippen LogP contribution in [-0.2, 0) is 4.79 Å². The van der Waals surface area contributed by atoms with E-state index in [-0.39, 0.29) is 0 Å². The van der Waals surface area contributed by atoms with Crippen molar-refractivity contribution in [2.75, 3.05) is 6.54 Å². The maximum absolute atomic E-state index is 11.8. The molecule has 2 heterocycles. The Balaban J connectivity index is 1.47. The second kappa shape index (κ2) is 4.33. The summed E-state index contributed by atoms with van der Waals surface area (Å²) in [7, 11) is 0. The highest BCUT2D eigenvalue weighted by molar-refractivity contribution is 5.80. The number of hydrogen-bond acceptors (Lipinski definition) is 2. The summed E-state index contributed by atoms with van der Waals surface area (Å²) >= 11 is 0. The van der Waals surface area contributed by atoms with Gasteiger partial charge in [-0.05, 0) is 56.3 Å². The Bertz CT molecular complexity index is 317. The van der Waals surface area contributed by atoms with Gasteiger partial charge in [-0.25, -0.2) is 0 Å². The Hall–Kier alpha value is -0.370. The minimum absolute atomic E-state index is 0.537. The van der Waals surface area contributed by atoms with E-state index in [0.29, 0.717) is 17.9 Å². The molecule has 2 bridgehead atoms. The minimum atomic E-state index is 0.537. The van der Waals surface area contributed by atoms with Gasteiger partial charge in [0, 0.05) is 31.5 Å². The maximum Gasteiger partial charge on any atom is 0.136 e. The van der Waals surface area contributed by atoms with Crippen molar-refractivity contribution >= 4 is 5.78 Å². The molecule has 2 atom stereocenters. The predicted octanol–water partition coefficient (Wildman–Crippen LogP) is 3.01. The molecule has 2 heteroatoms. The van der Waals surface area contributed by atoms with Gasteiger partial charge in [0.2, 0.25) is 0 Å². The van der Waals surface area contributed by atoms with Crippen molar-refractivity contribution in [2.45, 2.75) is 69.9 Å². The highest BCUT2D eigenvalue weighted by atomic mass is 16.1. The second-order valence-electron chi connectivity index (χ2n) is 7.22. The molecule has 2 saturated heterocycles. The van der Waals surface area contributed by atoms with Gasteiger partial charge in [-0.2, -0.15) is 0 Å². The Labute approximate surface area is 110 Å². The lowest BCUT2D eigenvalue weighted by atomic mass is 9.82. The quantitative estimate of drug-likeness (QED) is 0.761. The van der Waals surface area contributed by atoms with E-state index >= 15 is 0 Å². The molecule has 4 fully saturated rings. The molecule has 0 spiro atoms. The first-order valence-electron chi connectivity index (χ1n) is 8.08. The lowest BCUT2D eigenvalue weighted by molar-refractivity contribution is -0.127. The highest BCUT2D eigenvalue weighted by Crippen LogP contribution is 2.50. The summed E-state index contributed by atoms with van der Waals surface area (Å²) in [4.78, 5) is 14.5. The van der Waals surface area contributed by atoms with Crippen molar-refractivity contribution in [1.82, 2.24) is 4.90 Å². The molecule has 0 aromatic rings. The molecule has 2 nitrogen and oxygen atoms in total. The van der Waals surface area contributed by atoms with Crippen molar-refractivity contribution in [3.05, 3.63) is 0 Å². The van der Waals surface area contributed by atoms with Crippen molar-refractivity contribution in [1.29, 1.82) is 0 Å². The van der Waals surface area contributed by atoms with Gasteiger partial charge in [0.1, 0.15) is 5.78 Å². The summed E-state index contributed by atoms with van der Waals surface area (Å²) in [6.07, 6.45) is 11.6. The first kappa shape index (κ1) is 11.5. The SMILES string of the molecule is O=C1CC2CCCC(C1)N2CC(C1CC1)C1CC1. The highest BCUT2D eigenvalue weighted by Gasteiger charge is 2.45. The van der Waals surface area contributed by atoms with E-state index < -0.39 is 0 Å². The number of rotatable bonds is 4. The molecule has 0 radical (unpaired) electrons. The molecule has 0 aromatic carbocycles. The van der Waals surface area contributed by atoms with Crippen LogP contribution in [0.4, 0.5) is 0 Å². The average molecular weight is 247 g/mol. The molecule has 2 unspecified atom stereocenters. The van der Waals surface area contributed by atoms with Crippen molar-refractivity contribution < 1.29 is 4.79 Å². The van der Waals surface area contributed by atoms with E-state index in [2.05, 4.69) is 4.90 Å². The van der Waals surface area contributed by atoms with Crippen LogP contribution in [-0.4, -0.2) is 29.3 Å². The van der Waals surface area contributed by atoms with E-state index in [0.717, 1.165) is 30.6 Å². The van der Waals surface area contributed by atoms with Gasteiger partial charge >= 0.3 is 0 Å². The Morgan fingerprint density at radius 2 is 1.50 bits per heavy atom. The van der Waals surface area contributed by atoms with Crippen LogP contribution in [0, 0.1) is 17.8 Å². The smallest absolute Gasteiger partial charge is 0.136 e. The number of hydrogen-bond donors (Lipinski definition) is 0. The van der Waals surface area contributed by atoms with Crippen LogP contribution in [0.15, 0.2) is 0 Å². The molecule has 0 amide bonds. The summed E-state index contributed by atoms with van der Waals surface area (Å²) in [5.41, 5.74) is 0. The zero-order valence-corrected chi connectivity index (χ0v) is 11.3. The summed E-state index contributed by atoms with van der Waals surface area (Å²) in [6, 6.07) is 1.23. The lowest BCUT2D eigenvalue weighted by Crippen LogP contribution is -2.54. The number of carbonyl (C=O) groups is 1. The molecular formula is C16H25NO. The van der Waals surface area contributed by atoms with E-state index in [1.165, 1.54) is 51.5 Å². The third-order valence-electron chi connectivity index (χ3n) is 5.82. The number of nitrogens with zero attached hydrogens (tertiary/aromatic N) is 1. The summed E-state index contributed by atoms with van der Waals surface area (Å²) in [5.74, 6) is 3.63. The number of Topliss-reactive ketones (excluding diaryl/α,β-unsaturated/α-hetero) is 1. The van der Waals surface area contributed by atoms with Crippen LogP contribution >= 0.6 is 0 Å². The van der Waals surface area contributed by atoms with Crippen LogP contribution < -0.4 is 0 Å². The molecule has 18 heavy (non-hydrogen) atoms. The Morgan fingerprint density at radius 3 is 2.00 bits per heavy atom. The topological polar surface area (TPSA) is 20.3 Å². The van der Waals surface area contributed by atoms with E-state index in [4.69, 9.17) is 0 Å². The molecule has 0 aromatic heterocycles. The van der Waals surface area contributed by atoms with Crippen LogP contribution in [0.25, 0.3) is 0 Å². The molecule has 0 N–H and O–H groups in total. The van der Waals surface area contributed by atoms with E-state index in [1.807, 2.05) is 0 Å². The van der Waals surface area contributed by atoms with Crippen LogP contribution in [0.5, 0.6) is 0 Å². The second-order valence-corrected chi connectivity index (χ2v) is 7.22. The first-order valence-corrected chi connectivity index (χ1v) is 8.08. The molecule has 100 valence electrons. The van der Waals surface area contributed by atoms with E-state index in [9.17, 15) is 4.79 Å². The van der Waals surface area contributed by atoms with Gasteiger partial charge in [-0.1, -0.05) is 6.42 Å². The fourth-order valence-corrected chi connectivity index (χ4v) is 4.54. The standard InChI is InChI=1S/C16H25NO/c18-15-8-13-2-1-3-14(9-15)17(13)10-16(11-4-5-11)12-6-7-12/h11-14,16H,1-10H2. The van der Waals surface area contributed by atoms with Gasteiger partial charge in [0.25, 0.3) is 0 Å². The average Bonchev–Trinajstić information content (AvgIpc) is 3.20. The van der Waals surface area contributed by atoms with Gasteiger partial charge in [0.05, 0.1) is 0 Å². The molecule has 4 rings (SSSR count). The fraction of sp³-hybridized carbons (Fsp3) is 0.938. The monoisotopic (exact) mass is 247 g/mol. The van der Waals surface area contributed by atoms with Crippen LogP contribution in [0.2, 0.25) is 0 Å². The number of ketones is 1. The summed E-state index contributed by atoms with van der Waals surface area (Å²) in [5, 5.41) is 0. The molecular weight excluding hydrogens is 222 g/mol. The molecule has 2 aliphatic heterocycles. The van der Waals surface area contributed by atoms with Gasteiger partial charge in [-0.3, -0.25) is 9.69 Å². The maximum atomic E-state index is 11.8. The molecule has 4 aliphatic rings. The third kappa shape index (κ3) is 2.13. The number of piperidine rings is 2. The van der Waals surface area contributed by atoms with Crippen molar-refractivity contribution in [2.24, 2.45) is 17.8 Å². The normalized spacial score (nSPS) is 37.3. The number of fused-ring (bicyclic) bond motifs is 2. The zero-order valence-electron chi connectivity index (χ0n) is 11.3. The Kier molecular flexibility index (Phi) is 2.76. The largest absolute Gasteiger partial charge is 0.300 e. The molecule has 2 saturated carbocycles. The van der Waals surface area contributed by atoms with Gasteiger partial charge in [0.15, 0.2) is 0 Å². The van der Waals surface area contributed by atoms with E-state index in [1.54, 1.807) is 0 Å². The third-order valence-corrected chi connectivity index (χ3v) is 5.82. The first-order chi connectivity index (χ1) is 8.81.